The van der Waals surface area contributed by atoms with Gasteiger partial charge in [-0.2, -0.15) is 45.3 Å². The van der Waals surface area contributed by atoms with Gasteiger partial charge in [0.1, 0.15) is 0 Å². The Morgan fingerprint density at radius 1 is 0.200 bits per heavy atom. The third-order valence-corrected chi connectivity index (χ3v) is 27.7. The summed E-state index contributed by atoms with van der Waals surface area (Å²) in [6.07, 6.45) is 35.9. The van der Waals surface area contributed by atoms with Crippen LogP contribution in [0.1, 0.15) is 118 Å². The maximum absolute atomic E-state index is 2.38. The number of aryl methyl sites for hydroxylation is 3. The second-order valence-corrected chi connectivity index (χ2v) is 37.5. The van der Waals surface area contributed by atoms with Gasteiger partial charge >= 0.3 is 0 Å². The van der Waals surface area contributed by atoms with Gasteiger partial charge in [-0.1, -0.05) is 371 Å². The molecule has 20 aromatic rings. The van der Waals surface area contributed by atoms with E-state index in [9.17, 15) is 0 Å². The van der Waals surface area contributed by atoms with Gasteiger partial charge in [-0.25, -0.2) is 0 Å². The van der Waals surface area contributed by atoms with Gasteiger partial charge in [0.15, 0.2) is 0 Å². The number of benzene rings is 15. The van der Waals surface area contributed by atoms with Crippen molar-refractivity contribution >= 4 is 222 Å². The Kier molecular flexibility index (Phi) is 33.9. The monoisotopic (exact) mass is 1900 g/mol. The molecule has 0 amide bonds. The van der Waals surface area contributed by atoms with Crippen molar-refractivity contribution in [3.8, 4) is 0 Å². The molecule has 4 nitrogen and oxygen atoms in total. The summed E-state index contributed by atoms with van der Waals surface area (Å²) < 4.78 is 0. The lowest BCUT2D eigenvalue weighted by molar-refractivity contribution is 1.10. The molecule has 0 saturated heterocycles. The SMILES string of the molecule is C(=C\c1ccsc1)/c1ccc(/C=C/c2ccccc2N(c2ccccc2)c2ccccc2)cc1.CCc1cccc(C)c1N(c1ccccc1)c1ccc(/C=C/c2ccc(/C=C/c3ccsc3)cc2)cc1.Cc1c(/C=C/c2ccc(N(c3ccccc3)c3ccccc3)cc2)csc1/C=C/c1ccsc1.Cc1cc(/C=C/c2ccccc2N(c2ccccc2)c2ccccc2)ccc1/C=C/c1ccsc1. The Bertz CT molecular complexity index is 7340. The zero-order chi connectivity index (χ0) is 95.5. The smallest absolute Gasteiger partial charge is 0.0533 e. The Labute approximate surface area is 846 Å². The van der Waals surface area contributed by atoms with E-state index in [-0.39, 0.29) is 0 Å². The van der Waals surface area contributed by atoms with Crippen molar-refractivity contribution in [2.24, 2.45) is 0 Å². The third-order valence-electron chi connectivity index (χ3n) is 23.8. The summed E-state index contributed by atoms with van der Waals surface area (Å²) in [5.74, 6) is 0. The lowest BCUT2D eigenvalue weighted by atomic mass is 10.0. The van der Waals surface area contributed by atoms with E-state index in [1.165, 1.54) is 116 Å². The van der Waals surface area contributed by atoms with Gasteiger partial charge in [0.2, 0.25) is 0 Å². The van der Waals surface area contributed by atoms with Crippen LogP contribution in [0.25, 0.3) is 97.2 Å². The Hall–Kier alpha value is -16.1. The first kappa shape index (κ1) is 95.6. The van der Waals surface area contributed by atoms with Crippen LogP contribution in [0.15, 0.2) is 467 Å². The van der Waals surface area contributed by atoms with Crippen molar-refractivity contribution in [3.63, 3.8) is 0 Å². The second-order valence-electron chi connectivity index (χ2n) is 33.5. The number of para-hydroxylation sites is 10. The number of hydrogen-bond donors (Lipinski definition) is 0. The highest BCUT2D eigenvalue weighted by atomic mass is 32.1. The van der Waals surface area contributed by atoms with E-state index >= 15 is 0 Å². The third kappa shape index (κ3) is 26.4. The minimum Gasteiger partial charge on any atom is -0.311 e. The molecule has 5 aromatic heterocycles. The molecular formula is C131H108N4S5. The molecule has 0 bridgehead atoms. The Morgan fingerprint density at radius 2 is 0.479 bits per heavy atom. The first-order valence-corrected chi connectivity index (χ1v) is 51.7. The van der Waals surface area contributed by atoms with E-state index in [4.69, 9.17) is 0 Å². The topological polar surface area (TPSA) is 13.0 Å². The molecule has 682 valence electrons. The van der Waals surface area contributed by atoms with Crippen LogP contribution in [-0.4, -0.2) is 0 Å². The summed E-state index contributed by atoms with van der Waals surface area (Å²) in [6.45, 7) is 8.79. The highest BCUT2D eigenvalue weighted by Gasteiger charge is 2.21. The van der Waals surface area contributed by atoms with Crippen LogP contribution >= 0.6 is 56.7 Å². The van der Waals surface area contributed by atoms with Crippen molar-refractivity contribution in [2.75, 3.05) is 19.6 Å². The van der Waals surface area contributed by atoms with Gasteiger partial charge in [0.05, 0.1) is 17.1 Å². The fraction of sp³-hybridized carbons (Fsp3) is 0.0382. The number of anilines is 12. The molecule has 0 atom stereocenters. The Balaban J connectivity index is 0.000000129. The van der Waals surface area contributed by atoms with Crippen molar-refractivity contribution in [1.82, 2.24) is 0 Å². The fourth-order valence-electron chi connectivity index (χ4n) is 16.4. The first-order chi connectivity index (χ1) is 69.1. The Morgan fingerprint density at radius 3 is 0.836 bits per heavy atom. The van der Waals surface area contributed by atoms with E-state index in [1.807, 2.05) is 0 Å². The molecule has 140 heavy (non-hydrogen) atoms. The molecule has 0 spiro atoms. The molecule has 0 unspecified atom stereocenters. The van der Waals surface area contributed by atoms with E-state index in [0.717, 1.165) is 68.9 Å². The minimum atomic E-state index is 0.990. The summed E-state index contributed by atoms with van der Waals surface area (Å²) in [7, 11) is 0. The molecule has 0 radical (unpaired) electrons. The number of thiophene rings is 5. The molecule has 0 fully saturated rings. The normalized spacial score (nSPS) is 11.4. The zero-order valence-electron chi connectivity index (χ0n) is 78.8. The summed E-state index contributed by atoms with van der Waals surface area (Å²) in [5.41, 5.74) is 37.3. The van der Waals surface area contributed by atoms with E-state index < -0.39 is 0 Å². The largest absolute Gasteiger partial charge is 0.311 e. The molecule has 0 aliphatic heterocycles. The molecule has 0 aliphatic carbocycles. The van der Waals surface area contributed by atoms with Gasteiger partial charge in [0.25, 0.3) is 0 Å². The van der Waals surface area contributed by atoms with E-state index in [1.54, 1.807) is 56.7 Å². The zero-order valence-corrected chi connectivity index (χ0v) is 82.9. The maximum atomic E-state index is 2.38. The fourth-order valence-corrected chi connectivity index (χ4v) is 19.8. The predicted molar refractivity (Wildman–Crippen MR) is 620 cm³/mol. The lowest BCUT2D eigenvalue weighted by Crippen LogP contribution is -2.13. The van der Waals surface area contributed by atoms with Gasteiger partial charge in [-0.3, -0.25) is 0 Å². The van der Waals surface area contributed by atoms with Crippen molar-refractivity contribution < 1.29 is 0 Å². The van der Waals surface area contributed by atoms with Crippen LogP contribution in [0, 0.1) is 20.8 Å². The average Bonchev–Trinajstić information content (AvgIpc) is 0.858. The number of hydrogen-bond acceptors (Lipinski definition) is 9. The second kappa shape index (κ2) is 49.6. The first-order valence-electron chi connectivity index (χ1n) is 47.1. The summed E-state index contributed by atoms with van der Waals surface area (Å²) in [4.78, 5) is 10.6. The van der Waals surface area contributed by atoms with Gasteiger partial charge in [-0.15, -0.1) is 11.3 Å². The van der Waals surface area contributed by atoms with Crippen molar-refractivity contribution in [3.05, 3.63) is 578 Å². The summed E-state index contributed by atoms with van der Waals surface area (Å²) >= 11 is 8.68. The summed E-state index contributed by atoms with van der Waals surface area (Å²) in [5, 5.41) is 19.3. The van der Waals surface area contributed by atoms with Crippen LogP contribution in [0.3, 0.4) is 0 Å². The van der Waals surface area contributed by atoms with Crippen molar-refractivity contribution in [2.45, 2.75) is 34.1 Å². The minimum absolute atomic E-state index is 0.990. The maximum Gasteiger partial charge on any atom is 0.0533 e. The molecule has 9 heteroatoms. The summed E-state index contributed by atoms with van der Waals surface area (Å²) in [6, 6.07) is 147. The van der Waals surface area contributed by atoms with Crippen LogP contribution in [0.2, 0.25) is 0 Å². The van der Waals surface area contributed by atoms with Gasteiger partial charge in [-0.05, 0) is 333 Å². The van der Waals surface area contributed by atoms with E-state index in [2.05, 4.69) is 612 Å². The quantitative estimate of drug-likeness (QED) is 0.0433. The lowest BCUT2D eigenvalue weighted by Gasteiger charge is -2.29. The predicted octanol–water partition coefficient (Wildman–Crippen LogP) is 39.8. The highest BCUT2D eigenvalue weighted by molar-refractivity contribution is 7.11. The average molecular weight is 1900 g/mol. The van der Waals surface area contributed by atoms with Gasteiger partial charge < -0.3 is 19.6 Å². The molecule has 20 rings (SSSR count). The molecule has 5 heterocycles. The standard InChI is InChI=1S/C35H31NS.C33H27NS.C32H25NS.C31H25NS2/c1-3-32-9-7-8-27(2)35(32)36(33-10-5-4-6-11-33)34-22-20-30(21-23-34)17-16-28-12-14-29(15-13-28)18-19-31-24-25-37-26-31;1-26-24-27(16-19-29(26)20-18-28-22-23-35-25-28)17-21-30-10-8-9-15-33(30)34(31-11-4-2-5-12-31)32-13-6-3-7-14-32;1-3-10-30(11-4-1)33(31-12-5-2-6-13-31)32-14-8-7-9-29(32)22-21-27-17-15-26(16-18-27)19-20-28-23-24-34-25-28;1-24-27(23-34-31(24)19-15-26-20-21-33-22-26)16-12-25-13-17-30(18-14-25)32(28-8-4-2-5-9-28)29-10-6-3-7-11-29/h4-26H,3H2,1-2H3;2-25H,1H3;1-25H;2-23H,1H3/b17-16+,19-18+;20-18+,21-17+;20-19+,22-21+;16-12+,19-15+. The van der Waals surface area contributed by atoms with Crippen LogP contribution in [0.5, 0.6) is 0 Å². The number of rotatable bonds is 29. The van der Waals surface area contributed by atoms with Gasteiger partial charge in [0, 0.05) is 56.1 Å². The molecule has 15 aromatic carbocycles. The van der Waals surface area contributed by atoms with Crippen LogP contribution in [-0.2, 0) is 6.42 Å². The van der Waals surface area contributed by atoms with E-state index in [0.29, 0.717) is 0 Å². The highest BCUT2D eigenvalue weighted by Crippen LogP contribution is 2.43. The molecule has 0 N–H and O–H groups in total. The molecule has 0 aliphatic rings. The van der Waals surface area contributed by atoms with Crippen LogP contribution < -0.4 is 19.6 Å². The number of nitrogens with zero attached hydrogens (tertiary/aromatic N) is 4. The molecular weight excluding hydrogens is 1790 g/mol. The van der Waals surface area contributed by atoms with Crippen LogP contribution in [0.4, 0.5) is 68.2 Å². The molecule has 0 saturated carbocycles. The van der Waals surface area contributed by atoms with Crippen molar-refractivity contribution in [1.29, 1.82) is 0 Å².